The molecule has 0 atom stereocenters. The van der Waals surface area contributed by atoms with Crippen molar-refractivity contribution < 1.29 is 14.3 Å². The van der Waals surface area contributed by atoms with E-state index in [1.807, 2.05) is 24.3 Å². The number of hydrogen-bond donors (Lipinski definition) is 0. The van der Waals surface area contributed by atoms with Crippen LogP contribution in [0, 0.1) is 0 Å². The second kappa shape index (κ2) is 6.30. The standard InChI is InChI=1S/C11H13ClO3/c1-14-11(13)7-4-9-2-5-10(6-3-9)15-8-12/h2-3,5-6H,4,7-8H2,1H3. The fraction of sp³-hybridized carbons (Fsp3) is 0.364. The molecule has 4 heteroatoms. The zero-order valence-corrected chi connectivity index (χ0v) is 9.29. The molecule has 0 heterocycles. The van der Waals surface area contributed by atoms with Crippen LogP contribution in [0.15, 0.2) is 24.3 Å². The minimum absolute atomic E-state index is 0.140. The van der Waals surface area contributed by atoms with Crippen molar-refractivity contribution in [2.75, 3.05) is 13.2 Å². The monoisotopic (exact) mass is 228 g/mol. The normalized spacial score (nSPS) is 9.73. The van der Waals surface area contributed by atoms with Gasteiger partial charge in [-0.2, -0.15) is 0 Å². The summed E-state index contributed by atoms with van der Waals surface area (Å²) in [4.78, 5) is 10.9. The van der Waals surface area contributed by atoms with Crippen LogP contribution < -0.4 is 4.74 Å². The van der Waals surface area contributed by atoms with E-state index in [4.69, 9.17) is 16.3 Å². The molecule has 0 saturated heterocycles. The van der Waals surface area contributed by atoms with Crippen molar-refractivity contribution in [3.8, 4) is 5.75 Å². The average molecular weight is 229 g/mol. The number of halogens is 1. The fourth-order valence-electron chi connectivity index (χ4n) is 1.16. The molecule has 0 aliphatic rings. The van der Waals surface area contributed by atoms with E-state index < -0.39 is 0 Å². The highest BCUT2D eigenvalue weighted by molar-refractivity contribution is 6.17. The summed E-state index contributed by atoms with van der Waals surface area (Å²) in [6.07, 6.45) is 1.07. The van der Waals surface area contributed by atoms with Crippen LogP contribution in [-0.4, -0.2) is 19.1 Å². The molecule has 82 valence electrons. The van der Waals surface area contributed by atoms with E-state index in [1.165, 1.54) is 7.11 Å². The third-order valence-electron chi connectivity index (χ3n) is 1.99. The van der Waals surface area contributed by atoms with Gasteiger partial charge in [0.1, 0.15) is 5.75 Å². The third-order valence-corrected chi connectivity index (χ3v) is 2.10. The maximum Gasteiger partial charge on any atom is 0.305 e. The van der Waals surface area contributed by atoms with Crippen molar-refractivity contribution >= 4 is 17.6 Å². The van der Waals surface area contributed by atoms with Crippen LogP contribution in [0.5, 0.6) is 5.75 Å². The van der Waals surface area contributed by atoms with Crippen LogP contribution in [0.25, 0.3) is 0 Å². The van der Waals surface area contributed by atoms with Gasteiger partial charge < -0.3 is 9.47 Å². The van der Waals surface area contributed by atoms with Gasteiger partial charge in [-0.1, -0.05) is 23.7 Å². The highest BCUT2D eigenvalue weighted by Crippen LogP contribution is 2.13. The number of rotatable bonds is 5. The molecular weight excluding hydrogens is 216 g/mol. The van der Waals surface area contributed by atoms with E-state index >= 15 is 0 Å². The Hall–Kier alpha value is -1.22. The number of carbonyl (C=O) groups excluding carboxylic acids is 1. The number of benzene rings is 1. The van der Waals surface area contributed by atoms with Crippen LogP contribution >= 0.6 is 11.6 Å². The molecule has 0 N–H and O–H groups in total. The lowest BCUT2D eigenvalue weighted by atomic mass is 10.1. The number of ether oxygens (including phenoxy) is 2. The van der Waals surface area contributed by atoms with Gasteiger partial charge in [0.25, 0.3) is 0 Å². The Labute approximate surface area is 93.9 Å². The Morgan fingerprint density at radius 2 is 2.00 bits per heavy atom. The number of aryl methyl sites for hydroxylation is 1. The summed E-state index contributed by atoms with van der Waals surface area (Å²) in [6.45, 7) is 0. The van der Waals surface area contributed by atoms with Gasteiger partial charge >= 0.3 is 5.97 Å². The number of hydrogen-bond acceptors (Lipinski definition) is 3. The highest BCUT2D eigenvalue weighted by Gasteiger charge is 2.01. The predicted molar refractivity (Wildman–Crippen MR) is 58.1 cm³/mol. The maximum absolute atomic E-state index is 10.9. The van der Waals surface area contributed by atoms with E-state index in [-0.39, 0.29) is 12.0 Å². The molecule has 1 aromatic rings. The maximum atomic E-state index is 10.9. The van der Waals surface area contributed by atoms with Gasteiger partial charge in [-0.3, -0.25) is 4.79 Å². The summed E-state index contributed by atoms with van der Waals surface area (Å²) in [5, 5.41) is 0. The molecule has 0 aliphatic carbocycles. The summed E-state index contributed by atoms with van der Waals surface area (Å²) in [5.41, 5.74) is 1.07. The van der Waals surface area contributed by atoms with E-state index in [0.29, 0.717) is 12.8 Å². The summed E-state index contributed by atoms with van der Waals surface area (Å²) in [5.74, 6) is 0.530. The largest absolute Gasteiger partial charge is 0.478 e. The zero-order chi connectivity index (χ0) is 11.1. The SMILES string of the molecule is COC(=O)CCc1ccc(OCCl)cc1. The van der Waals surface area contributed by atoms with Gasteiger partial charge in [0, 0.05) is 6.42 Å². The van der Waals surface area contributed by atoms with Gasteiger partial charge in [0.2, 0.25) is 0 Å². The molecule has 0 spiro atoms. The van der Waals surface area contributed by atoms with Crippen LogP contribution in [0.2, 0.25) is 0 Å². The Kier molecular flexibility index (Phi) is 4.98. The lowest BCUT2D eigenvalue weighted by Gasteiger charge is -2.03. The van der Waals surface area contributed by atoms with E-state index in [9.17, 15) is 4.79 Å². The summed E-state index contributed by atoms with van der Waals surface area (Å²) < 4.78 is 9.63. The number of alkyl halides is 1. The predicted octanol–water partition coefficient (Wildman–Crippen LogP) is 2.37. The lowest BCUT2D eigenvalue weighted by Crippen LogP contribution is -2.01. The molecule has 0 bridgehead atoms. The van der Waals surface area contributed by atoms with Gasteiger partial charge in [-0.15, -0.1) is 0 Å². The Balaban J connectivity index is 2.45. The van der Waals surface area contributed by atoms with Crippen LogP contribution in [0.3, 0.4) is 0 Å². The molecule has 1 rings (SSSR count). The summed E-state index contributed by atoms with van der Waals surface area (Å²) in [7, 11) is 1.39. The van der Waals surface area contributed by atoms with Crippen molar-refractivity contribution in [1.29, 1.82) is 0 Å². The Morgan fingerprint density at radius 1 is 1.33 bits per heavy atom. The lowest BCUT2D eigenvalue weighted by molar-refractivity contribution is -0.140. The Bertz CT molecular complexity index is 308. The van der Waals surface area contributed by atoms with Crippen molar-refractivity contribution in [2.24, 2.45) is 0 Å². The highest BCUT2D eigenvalue weighted by atomic mass is 35.5. The van der Waals surface area contributed by atoms with Crippen molar-refractivity contribution in [1.82, 2.24) is 0 Å². The van der Waals surface area contributed by atoms with E-state index in [1.54, 1.807) is 0 Å². The molecule has 0 saturated carbocycles. The van der Waals surface area contributed by atoms with E-state index in [2.05, 4.69) is 4.74 Å². The zero-order valence-electron chi connectivity index (χ0n) is 8.53. The molecule has 15 heavy (non-hydrogen) atoms. The van der Waals surface area contributed by atoms with Crippen LogP contribution in [-0.2, 0) is 16.0 Å². The Morgan fingerprint density at radius 3 is 2.53 bits per heavy atom. The first-order valence-electron chi connectivity index (χ1n) is 4.61. The van der Waals surface area contributed by atoms with E-state index in [0.717, 1.165) is 11.3 Å². The quantitative estimate of drug-likeness (QED) is 0.573. The number of carbonyl (C=O) groups is 1. The van der Waals surface area contributed by atoms with Gasteiger partial charge in [0.15, 0.2) is 6.07 Å². The molecule has 0 aliphatic heterocycles. The third kappa shape index (κ3) is 4.21. The smallest absolute Gasteiger partial charge is 0.305 e. The van der Waals surface area contributed by atoms with Crippen LogP contribution in [0.1, 0.15) is 12.0 Å². The fourth-order valence-corrected chi connectivity index (χ4v) is 1.29. The van der Waals surface area contributed by atoms with Crippen molar-refractivity contribution in [3.05, 3.63) is 29.8 Å². The minimum Gasteiger partial charge on any atom is -0.478 e. The van der Waals surface area contributed by atoms with Gasteiger partial charge in [0.05, 0.1) is 7.11 Å². The van der Waals surface area contributed by atoms with Gasteiger partial charge in [-0.05, 0) is 24.1 Å². The molecule has 0 aromatic heterocycles. The summed E-state index contributed by atoms with van der Waals surface area (Å²) >= 11 is 5.41. The molecular formula is C11H13ClO3. The van der Waals surface area contributed by atoms with Crippen molar-refractivity contribution in [3.63, 3.8) is 0 Å². The second-order valence-electron chi connectivity index (χ2n) is 2.97. The number of methoxy groups -OCH3 is 1. The van der Waals surface area contributed by atoms with Crippen molar-refractivity contribution in [2.45, 2.75) is 12.8 Å². The minimum atomic E-state index is -0.198. The molecule has 0 radical (unpaired) electrons. The molecule has 0 amide bonds. The summed E-state index contributed by atoms with van der Waals surface area (Å²) in [6, 6.07) is 7.61. The number of esters is 1. The molecule has 3 nitrogen and oxygen atoms in total. The molecule has 0 unspecified atom stereocenters. The first-order chi connectivity index (χ1) is 7.26. The first-order valence-corrected chi connectivity index (χ1v) is 5.14. The molecule has 0 fully saturated rings. The van der Waals surface area contributed by atoms with Crippen LogP contribution in [0.4, 0.5) is 0 Å². The van der Waals surface area contributed by atoms with Gasteiger partial charge in [-0.25, -0.2) is 0 Å². The second-order valence-corrected chi connectivity index (χ2v) is 3.19. The first kappa shape index (κ1) is 11.9. The molecule has 1 aromatic carbocycles. The average Bonchev–Trinajstić information content (AvgIpc) is 2.28. The topological polar surface area (TPSA) is 35.5 Å².